The van der Waals surface area contributed by atoms with Crippen molar-refractivity contribution in [1.82, 2.24) is 10.2 Å². The summed E-state index contributed by atoms with van der Waals surface area (Å²) >= 11 is 12.2. The van der Waals surface area contributed by atoms with E-state index in [0.29, 0.717) is 35.5 Å². The average molecular weight is 540 g/mol. The Balaban J connectivity index is 1.82. The number of carbonyl (C=O) groups excluding carboxylic acids is 1. The van der Waals surface area contributed by atoms with Gasteiger partial charge in [-0.25, -0.2) is 0 Å². The number of halogens is 2. The van der Waals surface area contributed by atoms with Crippen LogP contribution in [0.5, 0.6) is 11.5 Å². The Morgan fingerprint density at radius 1 is 1.17 bits per heavy atom. The lowest BCUT2D eigenvalue weighted by molar-refractivity contribution is -0.122. The molecule has 0 aliphatic carbocycles. The van der Waals surface area contributed by atoms with Gasteiger partial charge in [0.1, 0.15) is 12.3 Å². The second kappa shape index (κ2) is 9.73. The van der Waals surface area contributed by atoms with Crippen LogP contribution >= 0.6 is 44.1 Å². The van der Waals surface area contributed by atoms with Crippen molar-refractivity contribution in [3.63, 3.8) is 0 Å². The van der Waals surface area contributed by atoms with Crippen molar-refractivity contribution in [2.24, 2.45) is 0 Å². The Morgan fingerprint density at radius 2 is 1.90 bits per heavy atom. The maximum absolute atomic E-state index is 12.6. The van der Waals surface area contributed by atoms with E-state index in [4.69, 9.17) is 21.7 Å². The maximum atomic E-state index is 12.6. The van der Waals surface area contributed by atoms with E-state index in [9.17, 15) is 4.79 Å². The summed E-state index contributed by atoms with van der Waals surface area (Å²) in [7, 11) is 1.59. The third-order valence-corrected chi connectivity index (χ3v) is 5.84. The van der Waals surface area contributed by atoms with Crippen LogP contribution in [0.2, 0.25) is 0 Å². The molecule has 1 aliphatic rings. The summed E-state index contributed by atoms with van der Waals surface area (Å²) in [5.74, 6) is 1.06. The highest BCUT2D eigenvalue weighted by molar-refractivity contribution is 9.10. The smallest absolute Gasteiger partial charge is 0.276 e. The lowest BCUT2D eigenvalue weighted by Crippen LogP contribution is -2.31. The van der Waals surface area contributed by atoms with Gasteiger partial charge in [0.2, 0.25) is 0 Å². The second-order valence-electron chi connectivity index (χ2n) is 6.38. The van der Waals surface area contributed by atoms with Crippen molar-refractivity contribution >= 4 is 61.2 Å². The average Bonchev–Trinajstić information content (AvgIpc) is 2.97. The van der Waals surface area contributed by atoms with Gasteiger partial charge in [0.05, 0.1) is 7.11 Å². The molecule has 0 bridgehead atoms. The summed E-state index contributed by atoms with van der Waals surface area (Å²) in [5.41, 5.74) is 2.27. The molecule has 8 heteroatoms. The van der Waals surface area contributed by atoms with Crippen LogP contribution in [0.15, 0.2) is 51.0 Å². The van der Waals surface area contributed by atoms with E-state index in [1.165, 1.54) is 0 Å². The number of benzene rings is 2. The molecule has 0 radical (unpaired) electrons. The van der Waals surface area contributed by atoms with Crippen LogP contribution in [0.3, 0.4) is 0 Å². The number of hydrogen-bond acceptors (Lipinski definition) is 4. The van der Waals surface area contributed by atoms with E-state index in [0.717, 1.165) is 26.5 Å². The van der Waals surface area contributed by atoms with Crippen LogP contribution < -0.4 is 14.8 Å². The molecule has 1 aliphatic heterocycles. The summed E-state index contributed by atoms with van der Waals surface area (Å²) < 4.78 is 13.2. The van der Waals surface area contributed by atoms with Crippen LogP contribution in [0, 0.1) is 0 Å². The zero-order valence-corrected chi connectivity index (χ0v) is 20.0. The number of rotatable bonds is 7. The molecule has 1 N–H and O–H groups in total. The fourth-order valence-corrected chi connectivity index (χ4v) is 3.81. The molecule has 29 heavy (non-hydrogen) atoms. The molecule has 0 aromatic heterocycles. The van der Waals surface area contributed by atoms with Gasteiger partial charge < -0.3 is 14.8 Å². The van der Waals surface area contributed by atoms with Gasteiger partial charge in [0.25, 0.3) is 5.91 Å². The fraction of sp³-hybridized carbons (Fsp3) is 0.238. The first-order chi connectivity index (χ1) is 13.9. The van der Waals surface area contributed by atoms with Gasteiger partial charge in [-0.3, -0.25) is 9.69 Å². The number of methoxy groups -OCH3 is 1. The zero-order chi connectivity index (χ0) is 21.0. The Bertz CT molecular complexity index is 961. The molecule has 0 unspecified atom stereocenters. The zero-order valence-electron chi connectivity index (χ0n) is 16.0. The van der Waals surface area contributed by atoms with Crippen LogP contribution in [-0.2, 0) is 11.4 Å². The van der Waals surface area contributed by atoms with Crippen molar-refractivity contribution in [3.8, 4) is 11.5 Å². The Hall–Kier alpha value is -1.90. The van der Waals surface area contributed by atoms with Crippen LogP contribution in [0.4, 0.5) is 0 Å². The monoisotopic (exact) mass is 538 g/mol. The number of amides is 1. The molecule has 1 amide bonds. The molecule has 1 heterocycles. The predicted octanol–water partition coefficient (Wildman–Crippen LogP) is 5.27. The van der Waals surface area contributed by atoms with Crippen LogP contribution in [-0.4, -0.2) is 29.6 Å². The third kappa shape index (κ3) is 5.18. The number of carbonyl (C=O) groups is 1. The van der Waals surface area contributed by atoms with E-state index >= 15 is 0 Å². The lowest BCUT2D eigenvalue weighted by Gasteiger charge is -2.13. The van der Waals surface area contributed by atoms with Crippen molar-refractivity contribution in [2.45, 2.75) is 20.0 Å². The Labute approximate surface area is 192 Å². The number of nitrogens with one attached hydrogen (secondary N) is 1. The highest BCUT2D eigenvalue weighted by Gasteiger charge is 2.30. The maximum Gasteiger partial charge on any atom is 0.276 e. The molecular weight excluding hydrogens is 520 g/mol. The van der Waals surface area contributed by atoms with Gasteiger partial charge in [-0.1, -0.05) is 50.9 Å². The molecule has 0 atom stereocenters. The van der Waals surface area contributed by atoms with Gasteiger partial charge >= 0.3 is 0 Å². The van der Waals surface area contributed by atoms with E-state index in [1.54, 1.807) is 18.1 Å². The third-order valence-electron chi connectivity index (χ3n) is 4.30. The van der Waals surface area contributed by atoms with Crippen molar-refractivity contribution in [2.75, 3.05) is 13.7 Å². The largest absolute Gasteiger partial charge is 0.493 e. The Kier molecular flexibility index (Phi) is 7.32. The van der Waals surface area contributed by atoms with Gasteiger partial charge in [-0.05, 0) is 60.1 Å². The van der Waals surface area contributed by atoms with Crippen molar-refractivity contribution < 1.29 is 14.3 Å². The Morgan fingerprint density at radius 3 is 2.55 bits per heavy atom. The highest BCUT2D eigenvalue weighted by Crippen LogP contribution is 2.35. The summed E-state index contributed by atoms with van der Waals surface area (Å²) in [4.78, 5) is 14.1. The summed E-state index contributed by atoms with van der Waals surface area (Å²) in [5, 5.41) is 3.42. The van der Waals surface area contributed by atoms with E-state index in [1.807, 2.05) is 43.3 Å². The van der Waals surface area contributed by atoms with Gasteiger partial charge in [-0.2, -0.15) is 0 Å². The van der Waals surface area contributed by atoms with E-state index in [-0.39, 0.29) is 5.91 Å². The highest BCUT2D eigenvalue weighted by atomic mass is 79.9. The topological polar surface area (TPSA) is 50.8 Å². The molecule has 0 saturated carbocycles. The lowest BCUT2D eigenvalue weighted by atomic mass is 10.1. The van der Waals surface area contributed by atoms with Crippen LogP contribution in [0.25, 0.3) is 6.08 Å². The molecule has 5 nitrogen and oxygen atoms in total. The number of hydrogen-bond donors (Lipinski definition) is 1. The molecule has 3 rings (SSSR count). The SMILES string of the molecule is CCCN1C(=O)/C(=C/c2cc(OC)c(OCc3ccc(Br)cc3)cc2Br)NC1=S. The molecule has 152 valence electrons. The number of ether oxygens (including phenoxy) is 2. The minimum absolute atomic E-state index is 0.127. The molecule has 1 fully saturated rings. The second-order valence-corrected chi connectivity index (χ2v) is 8.54. The quantitative estimate of drug-likeness (QED) is 0.384. The molecular formula is C21H20Br2N2O3S. The van der Waals surface area contributed by atoms with Crippen molar-refractivity contribution in [3.05, 3.63) is 62.2 Å². The first kappa shape index (κ1) is 21.8. The normalized spacial score (nSPS) is 15.0. The minimum Gasteiger partial charge on any atom is -0.493 e. The first-order valence-corrected chi connectivity index (χ1v) is 11.0. The van der Waals surface area contributed by atoms with E-state index in [2.05, 4.69) is 37.2 Å². The first-order valence-electron chi connectivity index (χ1n) is 9.02. The van der Waals surface area contributed by atoms with Gasteiger partial charge in [-0.15, -0.1) is 0 Å². The standard InChI is InChI=1S/C21H20Br2N2O3S/c1-3-8-25-20(26)17(24-21(25)29)9-14-10-18(27-2)19(11-16(14)23)28-12-13-4-6-15(22)7-5-13/h4-7,9-11H,3,8,12H2,1-2H3,(H,24,29)/b17-9-. The summed E-state index contributed by atoms with van der Waals surface area (Å²) in [6, 6.07) is 11.6. The van der Waals surface area contributed by atoms with E-state index < -0.39 is 0 Å². The summed E-state index contributed by atoms with van der Waals surface area (Å²) in [6.45, 7) is 3.01. The van der Waals surface area contributed by atoms with Crippen LogP contribution in [0.1, 0.15) is 24.5 Å². The van der Waals surface area contributed by atoms with Gasteiger partial charge in [0, 0.05) is 15.5 Å². The molecule has 2 aromatic rings. The minimum atomic E-state index is -0.127. The molecule has 1 saturated heterocycles. The predicted molar refractivity (Wildman–Crippen MR) is 125 cm³/mol. The van der Waals surface area contributed by atoms with Gasteiger partial charge in [0.15, 0.2) is 16.6 Å². The molecule has 2 aromatic carbocycles. The summed E-state index contributed by atoms with van der Waals surface area (Å²) in [6.07, 6.45) is 2.60. The number of thiocarbonyl (C=S) groups is 1. The number of nitrogens with zero attached hydrogens (tertiary/aromatic N) is 1. The fourth-order valence-electron chi connectivity index (χ4n) is 2.83. The van der Waals surface area contributed by atoms with Crippen molar-refractivity contribution in [1.29, 1.82) is 0 Å². The molecule has 0 spiro atoms.